The molecule has 0 aliphatic rings. The van der Waals surface area contributed by atoms with Crippen molar-refractivity contribution in [3.05, 3.63) is 45.9 Å². The third kappa shape index (κ3) is 2.62. The van der Waals surface area contributed by atoms with Gasteiger partial charge < -0.3 is 5.32 Å². The minimum absolute atomic E-state index is 0.00746. The van der Waals surface area contributed by atoms with Gasteiger partial charge in [0.15, 0.2) is 0 Å². The lowest BCUT2D eigenvalue weighted by molar-refractivity contribution is -0.385. The predicted molar refractivity (Wildman–Crippen MR) is 70.9 cm³/mol. The highest BCUT2D eigenvalue weighted by Gasteiger charge is 2.22. The number of hydrogen-bond acceptors (Lipinski definition) is 7. The van der Waals surface area contributed by atoms with Crippen molar-refractivity contribution in [2.24, 2.45) is 5.84 Å². The SMILES string of the molecule is Cc1nc(NN)nc(Nc2ccccc2F)c1[N+](=O)[O-]. The lowest BCUT2D eigenvalue weighted by Gasteiger charge is -2.09. The number of nitrogens with zero attached hydrogens (tertiary/aromatic N) is 3. The van der Waals surface area contributed by atoms with E-state index in [2.05, 4.69) is 20.7 Å². The molecule has 0 atom stereocenters. The number of halogens is 1. The Morgan fingerprint density at radius 3 is 2.65 bits per heavy atom. The zero-order valence-electron chi connectivity index (χ0n) is 10.4. The molecule has 2 aromatic rings. The fraction of sp³-hybridized carbons (Fsp3) is 0.0909. The highest BCUT2D eigenvalue weighted by atomic mass is 19.1. The van der Waals surface area contributed by atoms with Crippen molar-refractivity contribution in [1.82, 2.24) is 9.97 Å². The van der Waals surface area contributed by atoms with Gasteiger partial charge in [0, 0.05) is 0 Å². The first-order chi connectivity index (χ1) is 9.52. The summed E-state index contributed by atoms with van der Waals surface area (Å²) in [7, 11) is 0. The fourth-order valence-corrected chi connectivity index (χ4v) is 1.63. The van der Waals surface area contributed by atoms with Crippen LogP contribution in [0.5, 0.6) is 0 Å². The van der Waals surface area contributed by atoms with E-state index in [0.29, 0.717) is 0 Å². The fourth-order valence-electron chi connectivity index (χ4n) is 1.63. The third-order valence-corrected chi connectivity index (χ3v) is 2.50. The summed E-state index contributed by atoms with van der Waals surface area (Å²) in [5.74, 6) is 4.49. The van der Waals surface area contributed by atoms with Crippen molar-refractivity contribution >= 4 is 23.1 Å². The summed E-state index contributed by atoms with van der Waals surface area (Å²) < 4.78 is 13.6. The number of hydrogen-bond donors (Lipinski definition) is 3. The van der Waals surface area contributed by atoms with Crippen LogP contribution in [0.25, 0.3) is 0 Å². The molecule has 1 aromatic carbocycles. The smallest absolute Gasteiger partial charge is 0.332 e. The van der Waals surface area contributed by atoms with E-state index in [-0.39, 0.29) is 28.8 Å². The van der Waals surface area contributed by atoms with Gasteiger partial charge in [0.25, 0.3) is 0 Å². The van der Waals surface area contributed by atoms with Crippen LogP contribution < -0.4 is 16.6 Å². The molecule has 2 rings (SSSR count). The van der Waals surface area contributed by atoms with Gasteiger partial charge in [0.1, 0.15) is 11.5 Å². The Bertz CT molecular complexity index is 663. The van der Waals surface area contributed by atoms with Crippen LogP contribution in [-0.4, -0.2) is 14.9 Å². The molecular weight excluding hydrogens is 267 g/mol. The molecule has 4 N–H and O–H groups in total. The summed E-state index contributed by atoms with van der Waals surface area (Å²) in [6.07, 6.45) is 0. The van der Waals surface area contributed by atoms with Crippen molar-refractivity contribution in [2.75, 3.05) is 10.7 Å². The Balaban J connectivity index is 2.52. The molecule has 104 valence electrons. The van der Waals surface area contributed by atoms with Crippen LogP contribution in [0.2, 0.25) is 0 Å². The van der Waals surface area contributed by atoms with Gasteiger partial charge in [0.05, 0.1) is 10.6 Å². The number of nitro groups is 1. The van der Waals surface area contributed by atoms with Crippen molar-refractivity contribution in [3.8, 4) is 0 Å². The summed E-state index contributed by atoms with van der Waals surface area (Å²) in [5, 5.41) is 13.6. The number of anilines is 3. The zero-order chi connectivity index (χ0) is 14.7. The number of nitrogens with two attached hydrogens (primary N) is 1. The molecule has 0 saturated heterocycles. The second kappa shape index (κ2) is 5.45. The molecule has 0 amide bonds. The molecule has 0 aliphatic heterocycles. The monoisotopic (exact) mass is 278 g/mol. The minimum Gasteiger partial charge on any atom is -0.332 e. The molecule has 0 unspecified atom stereocenters. The highest BCUT2D eigenvalue weighted by Crippen LogP contribution is 2.29. The Morgan fingerprint density at radius 1 is 1.35 bits per heavy atom. The summed E-state index contributed by atoms with van der Waals surface area (Å²) in [6, 6.07) is 5.76. The van der Waals surface area contributed by atoms with Crippen LogP contribution in [-0.2, 0) is 0 Å². The number of para-hydroxylation sites is 1. The number of hydrazine groups is 1. The molecule has 0 fully saturated rings. The maximum absolute atomic E-state index is 13.6. The lowest BCUT2D eigenvalue weighted by Crippen LogP contribution is -2.13. The third-order valence-electron chi connectivity index (χ3n) is 2.50. The largest absolute Gasteiger partial charge is 0.332 e. The average molecular weight is 278 g/mol. The van der Waals surface area contributed by atoms with Crippen LogP contribution in [0.1, 0.15) is 5.69 Å². The number of benzene rings is 1. The lowest BCUT2D eigenvalue weighted by atomic mass is 10.3. The number of nitrogen functional groups attached to an aromatic ring is 1. The van der Waals surface area contributed by atoms with Gasteiger partial charge in [-0.05, 0) is 19.1 Å². The van der Waals surface area contributed by atoms with Crippen molar-refractivity contribution in [2.45, 2.75) is 6.92 Å². The summed E-state index contributed by atoms with van der Waals surface area (Å²) in [4.78, 5) is 18.1. The first-order valence-electron chi connectivity index (χ1n) is 5.54. The van der Waals surface area contributed by atoms with E-state index in [1.807, 2.05) is 0 Å². The van der Waals surface area contributed by atoms with Gasteiger partial charge in [-0.1, -0.05) is 12.1 Å². The zero-order valence-corrected chi connectivity index (χ0v) is 10.4. The van der Waals surface area contributed by atoms with Crippen LogP contribution in [0.15, 0.2) is 24.3 Å². The molecule has 1 aromatic heterocycles. The van der Waals surface area contributed by atoms with E-state index in [1.54, 1.807) is 6.07 Å². The molecule has 0 radical (unpaired) electrons. The first-order valence-corrected chi connectivity index (χ1v) is 5.54. The minimum atomic E-state index is -0.640. The van der Waals surface area contributed by atoms with Gasteiger partial charge in [-0.15, -0.1) is 0 Å². The first kappa shape index (κ1) is 13.6. The second-order valence-electron chi connectivity index (χ2n) is 3.84. The average Bonchev–Trinajstić information content (AvgIpc) is 2.40. The topological polar surface area (TPSA) is 119 Å². The Morgan fingerprint density at radius 2 is 2.05 bits per heavy atom. The summed E-state index contributed by atoms with van der Waals surface area (Å²) in [6.45, 7) is 1.44. The summed E-state index contributed by atoms with van der Waals surface area (Å²) >= 11 is 0. The highest BCUT2D eigenvalue weighted by molar-refractivity contribution is 5.68. The maximum Gasteiger partial charge on any atom is 0.332 e. The molecule has 1 heterocycles. The van der Waals surface area contributed by atoms with Crippen molar-refractivity contribution in [3.63, 3.8) is 0 Å². The standard InChI is InChI=1S/C11H11FN6O2/c1-6-9(18(19)20)10(16-11(14-6)17-13)15-8-5-3-2-4-7(8)12/h2-5H,13H2,1H3,(H2,14,15,16,17). The van der Waals surface area contributed by atoms with E-state index >= 15 is 0 Å². The van der Waals surface area contributed by atoms with Crippen LogP contribution >= 0.6 is 0 Å². The molecule has 9 heteroatoms. The molecular formula is C11H11FN6O2. The number of nitrogens with one attached hydrogen (secondary N) is 2. The number of rotatable bonds is 4. The van der Waals surface area contributed by atoms with E-state index in [9.17, 15) is 14.5 Å². The van der Waals surface area contributed by atoms with Gasteiger partial charge in [-0.3, -0.25) is 15.5 Å². The van der Waals surface area contributed by atoms with E-state index in [4.69, 9.17) is 5.84 Å². The van der Waals surface area contributed by atoms with Crippen molar-refractivity contribution < 1.29 is 9.31 Å². The Labute approximate surface area is 113 Å². The Hall–Kier alpha value is -2.81. The Kier molecular flexibility index (Phi) is 3.71. The van der Waals surface area contributed by atoms with Gasteiger partial charge in [-0.25, -0.2) is 15.2 Å². The molecule has 0 spiro atoms. The van der Waals surface area contributed by atoms with E-state index < -0.39 is 10.7 Å². The quantitative estimate of drug-likeness (QED) is 0.443. The molecule has 20 heavy (non-hydrogen) atoms. The molecule has 0 saturated carbocycles. The van der Waals surface area contributed by atoms with Gasteiger partial charge in [0.2, 0.25) is 11.8 Å². The summed E-state index contributed by atoms with van der Waals surface area (Å²) in [5.41, 5.74) is 2.03. The van der Waals surface area contributed by atoms with E-state index in [0.717, 1.165) is 0 Å². The predicted octanol–water partition coefficient (Wildman–Crippen LogP) is 1.86. The van der Waals surface area contributed by atoms with Crippen molar-refractivity contribution in [1.29, 1.82) is 0 Å². The normalized spacial score (nSPS) is 10.2. The maximum atomic E-state index is 13.6. The van der Waals surface area contributed by atoms with Gasteiger partial charge >= 0.3 is 5.69 Å². The van der Waals surface area contributed by atoms with Crippen LogP contribution in [0.4, 0.5) is 27.5 Å². The molecule has 0 bridgehead atoms. The van der Waals surface area contributed by atoms with E-state index in [1.165, 1.54) is 25.1 Å². The molecule has 8 nitrogen and oxygen atoms in total. The number of aromatic nitrogens is 2. The number of aryl methyl sites for hydroxylation is 1. The van der Waals surface area contributed by atoms with Crippen LogP contribution in [0.3, 0.4) is 0 Å². The molecule has 0 aliphatic carbocycles. The van der Waals surface area contributed by atoms with Crippen LogP contribution in [0, 0.1) is 22.9 Å². The van der Waals surface area contributed by atoms with Gasteiger partial charge in [-0.2, -0.15) is 4.98 Å². The second-order valence-corrected chi connectivity index (χ2v) is 3.84.